The van der Waals surface area contributed by atoms with Gasteiger partial charge in [0.05, 0.1) is 24.1 Å². The number of benzene rings is 1. The number of aryl methyl sites for hydroxylation is 1. The topological polar surface area (TPSA) is 67.3 Å². The Labute approximate surface area is 184 Å². The zero-order valence-corrected chi connectivity index (χ0v) is 18.7. The Morgan fingerprint density at radius 3 is 2.55 bits per heavy atom. The molecule has 2 aliphatic heterocycles. The van der Waals surface area contributed by atoms with E-state index < -0.39 is 0 Å². The summed E-state index contributed by atoms with van der Waals surface area (Å²) in [6.45, 7) is 7.58. The highest BCUT2D eigenvalue weighted by molar-refractivity contribution is 5.94. The molecule has 3 atom stereocenters. The molecule has 6 heteroatoms. The second-order valence-electron chi connectivity index (χ2n) is 9.45. The molecular formula is C25H32N4O2. The first-order chi connectivity index (χ1) is 15.0. The second kappa shape index (κ2) is 8.23. The lowest BCUT2D eigenvalue weighted by atomic mass is 9.78. The Morgan fingerprint density at radius 1 is 1.13 bits per heavy atom. The molecule has 1 saturated heterocycles. The first-order valence-electron chi connectivity index (χ1n) is 11.6. The van der Waals surface area contributed by atoms with Crippen molar-refractivity contribution in [2.24, 2.45) is 11.8 Å². The summed E-state index contributed by atoms with van der Waals surface area (Å²) in [6.07, 6.45) is 8.12. The van der Waals surface area contributed by atoms with Gasteiger partial charge in [-0.25, -0.2) is 4.98 Å². The van der Waals surface area contributed by atoms with Gasteiger partial charge in [0.2, 0.25) is 5.91 Å². The number of rotatable bonds is 4. The summed E-state index contributed by atoms with van der Waals surface area (Å²) >= 11 is 0. The van der Waals surface area contributed by atoms with Crippen LogP contribution in [0.3, 0.4) is 0 Å². The van der Waals surface area contributed by atoms with E-state index in [0.29, 0.717) is 11.8 Å². The number of ether oxygens (including phenoxy) is 1. The molecule has 0 bridgehead atoms. The molecule has 3 heterocycles. The lowest BCUT2D eigenvalue weighted by molar-refractivity contribution is -0.117. The number of aromatic nitrogens is 2. The van der Waals surface area contributed by atoms with Crippen molar-refractivity contribution >= 4 is 17.4 Å². The van der Waals surface area contributed by atoms with Gasteiger partial charge in [-0.05, 0) is 61.6 Å². The maximum Gasteiger partial charge on any atom is 0.224 e. The summed E-state index contributed by atoms with van der Waals surface area (Å²) in [5.41, 5.74) is 4.51. The van der Waals surface area contributed by atoms with E-state index >= 15 is 0 Å². The normalized spacial score (nSPS) is 26.4. The maximum absolute atomic E-state index is 12.8. The molecule has 31 heavy (non-hydrogen) atoms. The zero-order chi connectivity index (χ0) is 21.5. The number of hydrogen-bond acceptors (Lipinski definition) is 5. The minimum Gasteiger partial charge on any atom is -0.381 e. The summed E-state index contributed by atoms with van der Waals surface area (Å²) in [6, 6.07) is 7.05. The molecule has 2 fully saturated rings. The highest BCUT2D eigenvalue weighted by atomic mass is 16.5. The Morgan fingerprint density at radius 2 is 1.90 bits per heavy atom. The van der Waals surface area contributed by atoms with Gasteiger partial charge >= 0.3 is 0 Å². The van der Waals surface area contributed by atoms with Crippen molar-refractivity contribution < 1.29 is 9.53 Å². The number of nitrogens with one attached hydrogen (secondary N) is 1. The quantitative estimate of drug-likeness (QED) is 0.782. The van der Waals surface area contributed by atoms with Crippen molar-refractivity contribution in [3.05, 3.63) is 47.4 Å². The average molecular weight is 421 g/mol. The van der Waals surface area contributed by atoms with Crippen molar-refractivity contribution in [3.8, 4) is 0 Å². The van der Waals surface area contributed by atoms with Crippen LogP contribution in [-0.2, 0) is 9.53 Å². The summed E-state index contributed by atoms with van der Waals surface area (Å²) in [4.78, 5) is 23.9. The van der Waals surface area contributed by atoms with Gasteiger partial charge in [-0.15, -0.1) is 0 Å². The van der Waals surface area contributed by atoms with E-state index in [4.69, 9.17) is 4.74 Å². The van der Waals surface area contributed by atoms with Crippen LogP contribution >= 0.6 is 0 Å². The Balaban J connectivity index is 1.57. The number of anilines is 2. The van der Waals surface area contributed by atoms with Crippen molar-refractivity contribution in [3.63, 3.8) is 0 Å². The lowest BCUT2D eigenvalue weighted by Gasteiger charge is -2.46. The minimum atomic E-state index is 0.0907. The number of carbonyl (C=O) groups is 1. The third kappa shape index (κ3) is 3.93. The van der Waals surface area contributed by atoms with E-state index in [9.17, 15) is 4.79 Å². The molecule has 6 nitrogen and oxygen atoms in total. The molecule has 2 aromatic rings. The summed E-state index contributed by atoms with van der Waals surface area (Å²) in [5, 5.41) is 3.68. The summed E-state index contributed by atoms with van der Waals surface area (Å²) < 4.78 is 5.58. The molecule has 1 aliphatic carbocycles. The van der Waals surface area contributed by atoms with Gasteiger partial charge in [-0.3, -0.25) is 9.78 Å². The molecule has 1 aromatic heterocycles. The molecule has 3 aliphatic rings. The molecule has 1 amide bonds. The number of fused-ring (bicyclic) bond motifs is 1. The predicted molar refractivity (Wildman–Crippen MR) is 121 cm³/mol. The molecule has 1 N–H and O–H groups in total. The van der Waals surface area contributed by atoms with Crippen molar-refractivity contribution in [1.82, 2.24) is 9.97 Å². The highest BCUT2D eigenvalue weighted by Gasteiger charge is 2.47. The van der Waals surface area contributed by atoms with Crippen LogP contribution in [0.2, 0.25) is 0 Å². The minimum absolute atomic E-state index is 0.0907. The van der Waals surface area contributed by atoms with Gasteiger partial charge < -0.3 is 15.0 Å². The fourth-order valence-corrected chi connectivity index (χ4v) is 5.50. The SMILES string of the molecule is CC(=O)N1c2ccc(C3CCOCC3)cc2C(Nc2cnc(C)cn2)[C@@H](C)C1C1CC1. The van der Waals surface area contributed by atoms with Crippen LogP contribution in [0, 0.1) is 18.8 Å². The number of carbonyl (C=O) groups excluding carboxylic acids is 1. The van der Waals surface area contributed by atoms with E-state index in [1.54, 1.807) is 13.1 Å². The standard InChI is InChI=1S/C25H32N4O2/c1-15-13-27-23(14-26-15)28-24-16(2)25(19-4-5-19)29(17(3)30)22-7-6-20(12-21(22)24)18-8-10-31-11-9-18/h6-7,12-14,16,18-19,24-25H,4-5,8-11H2,1-3H3,(H,27,28)/t16-,24?,25?/m1/s1. The second-order valence-corrected chi connectivity index (χ2v) is 9.45. The predicted octanol–water partition coefficient (Wildman–Crippen LogP) is 4.61. The molecule has 5 rings (SSSR count). The van der Waals surface area contributed by atoms with Crippen molar-refractivity contribution in [2.45, 2.75) is 64.5 Å². The third-order valence-corrected chi connectivity index (χ3v) is 7.23. The number of hydrogen-bond donors (Lipinski definition) is 1. The highest BCUT2D eigenvalue weighted by Crippen LogP contribution is 2.50. The zero-order valence-electron chi connectivity index (χ0n) is 18.7. The van der Waals surface area contributed by atoms with E-state index in [-0.39, 0.29) is 23.9 Å². The van der Waals surface area contributed by atoms with Crippen LogP contribution in [0.1, 0.15) is 68.3 Å². The van der Waals surface area contributed by atoms with Crippen molar-refractivity contribution in [1.29, 1.82) is 0 Å². The van der Waals surface area contributed by atoms with Crippen LogP contribution < -0.4 is 10.2 Å². The molecule has 1 saturated carbocycles. The Kier molecular flexibility index (Phi) is 5.42. The van der Waals surface area contributed by atoms with Gasteiger partial charge in [0.25, 0.3) is 0 Å². The van der Waals surface area contributed by atoms with Gasteiger partial charge in [-0.2, -0.15) is 0 Å². The average Bonchev–Trinajstić information content (AvgIpc) is 3.62. The van der Waals surface area contributed by atoms with Crippen LogP contribution in [0.5, 0.6) is 0 Å². The molecule has 0 spiro atoms. The molecule has 1 aromatic carbocycles. The fraction of sp³-hybridized carbons (Fsp3) is 0.560. The van der Waals surface area contributed by atoms with E-state index in [1.165, 1.54) is 24.0 Å². The Bertz CT molecular complexity index is 950. The van der Waals surface area contributed by atoms with Gasteiger partial charge in [0.1, 0.15) is 5.82 Å². The Hall–Kier alpha value is -2.47. The van der Waals surface area contributed by atoms with E-state index in [2.05, 4.69) is 45.3 Å². The number of amides is 1. The molecule has 164 valence electrons. The van der Waals surface area contributed by atoms with Gasteiger partial charge in [0.15, 0.2) is 0 Å². The summed E-state index contributed by atoms with van der Waals surface area (Å²) in [7, 11) is 0. The van der Waals surface area contributed by atoms with Crippen LogP contribution in [0.25, 0.3) is 0 Å². The fourth-order valence-electron chi connectivity index (χ4n) is 5.50. The molecule has 2 unspecified atom stereocenters. The van der Waals surface area contributed by atoms with Gasteiger partial charge in [0, 0.05) is 37.8 Å². The molecule has 0 radical (unpaired) electrons. The van der Waals surface area contributed by atoms with Crippen LogP contribution in [0.4, 0.5) is 11.5 Å². The monoisotopic (exact) mass is 420 g/mol. The van der Waals surface area contributed by atoms with E-state index in [0.717, 1.165) is 43.3 Å². The summed E-state index contributed by atoms with van der Waals surface area (Å²) in [5.74, 6) is 2.29. The largest absolute Gasteiger partial charge is 0.381 e. The lowest BCUT2D eigenvalue weighted by Crippen LogP contribution is -2.51. The van der Waals surface area contributed by atoms with E-state index in [1.807, 2.05) is 13.1 Å². The van der Waals surface area contributed by atoms with Gasteiger partial charge in [-0.1, -0.05) is 19.1 Å². The first-order valence-corrected chi connectivity index (χ1v) is 11.6. The van der Waals surface area contributed by atoms with Crippen LogP contribution in [-0.4, -0.2) is 35.1 Å². The number of nitrogens with zero attached hydrogens (tertiary/aromatic N) is 3. The van der Waals surface area contributed by atoms with Crippen LogP contribution in [0.15, 0.2) is 30.6 Å². The third-order valence-electron chi connectivity index (χ3n) is 7.23. The maximum atomic E-state index is 12.8. The molecular weight excluding hydrogens is 388 g/mol. The first kappa shape index (κ1) is 20.4. The smallest absolute Gasteiger partial charge is 0.224 e. The van der Waals surface area contributed by atoms with Crippen molar-refractivity contribution in [2.75, 3.05) is 23.4 Å².